The van der Waals surface area contributed by atoms with Gasteiger partial charge in [0.25, 0.3) is 0 Å². The number of aromatic nitrogens is 3. The summed E-state index contributed by atoms with van der Waals surface area (Å²) in [5.41, 5.74) is 1.51. The first kappa shape index (κ1) is 15.8. The maximum absolute atomic E-state index is 12.2. The molecule has 0 aliphatic heterocycles. The summed E-state index contributed by atoms with van der Waals surface area (Å²) in [6.45, 7) is 0. The molecule has 1 amide bonds. The van der Waals surface area contributed by atoms with Gasteiger partial charge in [0.2, 0.25) is 17.6 Å². The molecule has 0 aliphatic carbocycles. The summed E-state index contributed by atoms with van der Waals surface area (Å²) in [4.78, 5) is 20.3. The molecule has 0 radical (unpaired) electrons. The molecule has 8 nitrogen and oxygen atoms in total. The van der Waals surface area contributed by atoms with Crippen molar-refractivity contribution in [2.45, 2.75) is 12.8 Å². The Morgan fingerprint density at radius 2 is 2.08 bits per heavy atom. The number of oxazole rings is 1. The number of hydrogen-bond donors (Lipinski definition) is 1. The smallest absolute Gasteiger partial charge is 0.238 e. The molecule has 0 fully saturated rings. The van der Waals surface area contributed by atoms with Crippen LogP contribution < -0.4 is 5.32 Å². The molecule has 3 aromatic heterocycles. The number of benzene rings is 1. The highest BCUT2D eigenvalue weighted by Crippen LogP contribution is 2.22. The lowest BCUT2D eigenvalue weighted by molar-refractivity contribution is -0.116. The van der Waals surface area contributed by atoms with E-state index < -0.39 is 0 Å². The highest BCUT2D eigenvalue weighted by atomic mass is 16.5. The monoisotopic (exact) mass is 350 g/mol. The molecule has 3 heterocycles. The topological polar surface area (TPSA) is 107 Å². The lowest BCUT2D eigenvalue weighted by Gasteiger charge is -2.05. The molecular formula is C18H14N4O4. The van der Waals surface area contributed by atoms with Crippen LogP contribution in [0.5, 0.6) is 0 Å². The van der Waals surface area contributed by atoms with Crippen LogP contribution in [-0.4, -0.2) is 21.0 Å². The fourth-order valence-corrected chi connectivity index (χ4v) is 2.41. The fourth-order valence-electron chi connectivity index (χ4n) is 2.41. The first-order valence-electron chi connectivity index (χ1n) is 7.93. The van der Waals surface area contributed by atoms with E-state index in [9.17, 15) is 4.79 Å². The maximum Gasteiger partial charge on any atom is 0.238 e. The van der Waals surface area contributed by atoms with Gasteiger partial charge in [-0.2, -0.15) is 4.98 Å². The summed E-state index contributed by atoms with van der Waals surface area (Å²) >= 11 is 0. The number of amides is 1. The predicted octanol–water partition coefficient (Wildman–Crippen LogP) is 3.56. The standard InChI is InChI=1S/C18H14N4O4/c23-16(6-7-17-21-18(22-26-17)14-5-2-8-24-14)20-13-4-1-3-12(9-13)15-10-19-11-25-15/h1-5,8-11H,6-7H2,(H,20,23). The summed E-state index contributed by atoms with van der Waals surface area (Å²) in [5, 5.41) is 6.67. The Hall–Kier alpha value is -3.68. The molecule has 0 atom stereocenters. The van der Waals surface area contributed by atoms with E-state index in [2.05, 4.69) is 20.4 Å². The molecule has 0 saturated heterocycles. The molecule has 0 saturated carbocycles. The zero-order valence-corrected chi connectivity index (χ0v) is 13.6. The van der Waals surface area contributed by atoms with Crippen LogP contribution in [0.2, 0.25) is 0 Å². The van der Waals surface area contributed by atoms with Gasteiger partial charge in [0, 0.05) is 24.1 Å². The van der Waals surface area contributed by atoms with Gasteiger partial charge in [0.15, 0.2) is 17.9 Å². The molecule has 1 aromatic carbocycles. The Kier molecular flexibility index (Phi) is 4.29. The molecule has 0 unspecified atom stereocenters. The molecule has 130 valence electrons. The minimum absolute atomic E-state index is 0.155. The van der Waals surface area contributed by atoms with Crippen molar-refractivity contribution in [3.05, 3.63) is 61.1 Å². The molecule has 0 aliphatic rings. The third kappa shape index (κ3) is 3.54. The average molecular weight is 350 g/mol. The molecule has 1 N–H and O–H groups in total. The van der Waals surface area contributed by atoms with Crippen LogP contribution in [0, 0.1) is 0 Å². The average Bonchev–Trinajstić information content (AvgIpc) is 3.42. The SMILES string of the molecule is O=C(CCc1nc(-c2ccco2)no1)Nc1cccc(-c2cnco2)c1. The summed E-state index contributed by atoms with van der Waals surface area (Å²) in [7, 11) is 0. The maximum atomic E-state index is 12.2. The Morgan fingerprint density at radius 1 is 1.12 bits per heavy atom. The second-order valence-electron chi connectivity index (χ2n) is 5.48. The van der Waals surface area contributed by atoms with Gasteiger partial charge in [-0.1, -0.05) is 17.3 Å². The van der Waals surface area contributed by atoms with E-state index in [-0.39, 0.29) is 12.3 Å². The minimum atomic E-state index is -0.155. The van der Waals surface area contributed by atoms with E-state index in [1.54, 1.807) is 24.4 Å². The van der Waals surface area contributed by atoms with Gasteiger partial charge >= 0.3 is 0 Å². The molecule has 0 spiro atoms. The van der Waals surface area contributed by atoms with Crippen LogP contribution in [0.25, 0.3) is 22.9 Å². The molecule has 0 bridgehead atoms. The number of furan rings is 1. The Labute approximate surface area is 147 Å². The second kappa shape index (κ2) is 7.06. The van der Waals surface area contributed by atoms with Crippen LogP contribution in [0.15, 0.2) is 68.6 Å². The van der Waals surface area contributed by atoms with E-state index in [1.807, 2.05) is 18.2 Å². The largest absolute Gasteiger partial charge is 0.461 e. The third-order valence-corrected chi connectivity index (χ3v) is 3.64. The zero-order valence-electron chi connectivity index (χ0n) is 13.6. The summed E-state index contributed by atoms with van der Waals surface area (Å²) < 4.78 is 15.6. The quantitative estimate of drug-likeness (QED) is 0.566. The van der Waals surface area contributed by atoms with Crippen molar-refractivity contribution in [1.82, 2.24) is 15.1 Å². The highest BCUT2D eigenvalue weighted by Gasteiger charge is 2.12. The number of anilines is 1. The van der Waals surface area contributed by atoms with E-state index in [0.29, 0.717) is 35.3 Å². The van der Waals surface area contributed by atoms with Crippen LogP contribution >= 0.6 is 0 Å². The Balaban J connectivity index is 1.35. The Bertz CT molecular complexity index is 990. The summed E-state index contributed by atoms with van der Waals surface area (Å²) in [6.07, 6.45) is 5.06. The second-order valence-corrected chi connectivity index (χ2v) is 5.48. The number of aryl methyl sites for hydroxylation is 1. The molecule has 4 rings (SSSR count). The van der Waals surface area contributed by atoms with Crippen molar-refractivity contribution in [2.75, 3.05) is 5.32 Å². The first-order valence-corrected chi connectivity index (χ1v) is 7.93. The van der Waals surface area contributed by atoms with Crippen molar-refractivity contribution in [3.8, 4) is 22.9 Å². The zero-order chi connectivity index (χ0) is 17.8. The minimum Gasteiger partial charge on any atom is -0.461 e. The molecule has 26 heavy (non-hydrogen) atoms. The van der Waals surface area contributed by atoms with Gasteiger partial charge in [0.05, 0.1) is 12.5 Å². The fraction of sp³-hybridized carbons (Fsp3) is 0.111. The van der Waals surface area contributed by atoms with Gasteiger partial charge in [-0.25, -0.2) is 4.98 Å². The number of rotatable bonds is 6. The van der Waals surface area contributed by atoms with Crippen LogP contribution in [-0.2, 0) is 11.2 Å². The molecular weight excluding hydrogens is 336 g/mol. The number of carbonyl (C=O) groups is 1. The first-order chi connectivity index (χ1) is 12.8. The molecule has 4 aromatic rings. The van der Waals surface area contributed by atoms with Crippen molar-refractivity contribution in [3.63, 3.8) is 0 Å². The predicted molar refractivity (Wildman–Crippen MR) is 90.9 cm³/mol. The highest BCUT2D eigenvalue weighted by molar-refractivity contribution is 5.91. The summed E-state index contributed by atoms with van der Waals surface area (Å²) in [6, 6.07) is 10.8. The van der Waals surface area contributed by atoms with Crippen molar-refractivity contribution in [1.29, 1.82) is 0 Å². The number of carbonyl (C=O) groups excluding carboxylic acids is 1. The van der Waals surface area contributed by atoms with Crippen molar-refractivity contribution < 1.29 is 18.2 Å². The van der Waals surface area contributed by atoms with Crippen LogP contribution in [0.3, 0.4) is 0 Å². The van der Waals surface area contributed by atoms with E-state index in [0.717, 1.165) is 5.56 Å². The third-order valence-electron chi connectivity index (χ3n) is 3.64. The van der Waals surface area contributed by atoms with E-state index in [4.69, 9.17) is 13.4 Å². The van der Waals surface area contributed by atoms with Gasteiger partial charge in [-0.3, -0.25) is 4.79 Å². The van der Waals surface area contributed by atoms with E-state index >= 15 is 0 Å². The van der Waals surface area contributed by atoms with Gasteiger partial charge in [0.1, 0.15) is 0 Å². The van der Waals surface area contributed by atoms with Gasteiger partial charge in [-0.05, 0) is 24.3 Å². The number of hydrogen-bond acceptors (Lipinski definition) is 7. The number of nitrogens with zero attached hydrogens (tertiary/aromatic N) is 3. The Morgan fingerprint density at radius 3 is 2.88 bits per heavy atom. The van der Waals surface area contributed by atoms with Crippen LogP contribution in [0.4, 0.5) is 5.69 Å². The lowest BCUT2D eigenvalue weighted by Crippen LogP contribution is -2.12. The van der Waals surface area contributed by atoms with Crippen LogP contribution in [0.1, 0.15) is 12.3 Å². The lowest BCUT2D eigenvalue weighted by atomic mass is 10.1. The van der Waals surface area contributed by atoms with Gasteiger partial charge < -0.3 is 18.7 Å². The van der Waals surface area contributed by atoms with Gasteiger partial charge in [-0.15, -0.1) is 0 Å². The number of nitrogens with one attached hydrogen (secondary N) is 1. The van der Waals surface area contributed by atoms with Crippen molar-refractivity contribution >= 4 is 11.6 Å². The molecule has 8 heteroatoms. The summed E-state index contributed by atoms with van der Waals surface area (Å²) in [5.74, 6) is 1.75. The van der Waals surface area contributed by atoms with E-state index in [1.165, 1.54) is 12.7 Å². The van der Waals surface area contributed by atoms with Crippen molar-refractivity contribution in [2.24, 2.45) is 0 Å². The normalized spacial score (nSPS) is 10.8.